The third-order valence-electron chi connectivity index (χ3n) is 2.82. The van der Waals surface area contributed by atoms with E-state index in [1.165, 1.54) is 11.3 Å². The number of fused-ring (bicyclic) bond motifs is 1. The summed E-state index contributed by atoms with van der Waals surface area (Å²) in [7, 11) is 0. The van der Waals surface area contributed by atoms with E-state index in [0.717, 1.165) is 10.9 Å². The van der Waals surface area contributed by atoms with Gasteiger partial charge in [-0.1, -0.05) is 24.1 Å². The number of aromatic hydroxyl groups is 1. The second kappa shape index (κ2) is 5.15. The van der Waals surface area contributed by atoms with Gasteiger partial charge in [0, 0.05) is 17.0 Å². The predicted octanol–water partition coefficient (Wildman–Crippen LogP) is 3.85. The van der Waals surface area contributed by atoms with Gasteiger partial charge in [0.2, 0.25) is 11.0 Å². The summed E-state index contributed by atoms with van der Waals surface area (Å²) in [5.74, 6) is 2.54. The molecule has 98 valence electrons. The van der Waals surface area contributed by atoms with E-state index in [1.54, 1.807) is 10.8 Å². The molecule has 0 saturated carbocycles. The summed E-state index contributed by atoms with van der Waals surface area (Å²) in [6.45, 7) is 0.277. The van der Waals surface area contributed by atoms with E-state index in [4.69, 9.17) is 6.42 Å². The van der Waals surface area contributed by atoms with E-state index < -0.39 is 0 Å². The van der Waals surface area contributed by atoms with Gasteiger partial charge < -0.3 is 5.11 Å². The molecule has 2 heterocycles. The van der Waals surface area contributed by atoms with Crippen LogP contribution in [-0.4, -0.2) is 14.7 Å². The van der Waals surface area contributed by atoms with Crippen molar-refractivity contribution in [2.24, 2.45) is 10.2 Å². The monoisotopic (exact) mass is 282 g/mol. The quantitative estimate of drug-likeness (QED) is 0.585. The molecule has 1 N–H and O–H groups in total. The van der Waals surface area contributed by atoms with Crippen LogP contribution >= 0.6 is 11.3 Å². The molecule has 0 saturated heterocycles. The lowest BCUT2D eigenvalue weighted by atomic mass is 10.2. The molecule has 6 heteroatoms. The number of benzene rings is 1. The van der Waals surface area contributed by atoms with E-state index in [1.807, 2.05) is 29.6 Å². The average molecular weight is 282 g/mol. The van der Waals surface area contributed by atoms with E-state index in [9.17, 15) is 5.11 Å². The average Bonchev–Trinajstić information content (AvgIpc) is 3.06. The summed E-state index contributed by atoms with van der Waals surface area (Å²) in [4.78, 5) is 4.02. The molecule has 0 fully saturated rings. The molecule has 0 atom stereocenters. The van der Waals surface area contributed by atoms with Crippen LogP contribution in [0.15, 0.2) is 46.1 Å². The second-order valence-electron chi connectivity index (χ2n) is 3.99. The number of thiazole rings is 1. The molecule has 0 aliphatic rings. The maximum absolute atomic E-state index is 10.3. The molecule has 2 aromatic heterocycles. The minimum atomic E-state index is 0.0180. The van der Waals surface area contributed by atoms with Gasteiger partial charge in [-0.2, -0.15) is 0 Å². The van der Waals surface area contributed by atoms with Crippen molar-refractivity contribution in [3.63, 3.8) is 0 Å². The highest BCUT2D eigenvalue weighted by Gasteiger charge is 2.15. The highest BCUT2D eigenvalue weighted by Crippen LogP contribution is 2.39. The van der Waals surface area contributed by atoms with Crippen molar-refractivity contribution in [1.29, 1.82) is 0 Å². The molecule has 0 radical (unpaired) electrons. The van der Waals surface area contributed by atoms with Crippen molar-refractivity contribution in [2.45, 2.75) is 6.54 Å². The Morgan fingerprint density at radius 1 is 1.35 bits per heavy atom. The minimum Gasteiger partial charge on any atom is -0.493 e. The summed E-state index contributed by atoms with van der Waals surface area (Å²) < 4.78 is 1.63. The van der Waals surface area contributed by atoms with E-state index in [2.05, 4.69) is 21.1 Å². The Morgan fingerprint density at radius 3 is 2.95 bits per heavy atom. The Hall–Kier alpha value is -2.65. The van der Waals surface area contributed by atoms with Crippen LogP contribution in [0.5, 0.6) is 5.88 Å². The fraction of sp³-hybridized carbons (Fsp3) is 0.0714. The first-order chi connectivity index (χ1) is 9.81. The number of aromatic nitrogens is 2. The Labute approximate surface area is 119 Å². The minimum absolute atomic E-state index is 0.0180. The van der Waals surface area contributed by atoms with Crippen LogP contribution in [0.4, 0.5) is 10.8 Å². The summed E-state index contributed by atoms with van der Waals surface area (Å²) >= 11 is 1.38. The van der Waals surface area contributed by atoms with Gasteiger partial charge >= 0.3 is 0 Å². The van der Waals surface area contributed by atoms with Crippen molar-refractivity contribution in [3.05, 3.63) is 35.8 Å². The van der Waals surface area contributed by atoms with Crippen molar-refractivity contribution in [2.75, 3.05) is 0 Å². The van der Waals surface area contributed by atoms with Crippen LogP contribution in [0.3, 0.4) is 0 Å². The lowest BCUT2D eigenvalue weighted by Crippen LogP contribution is -1.93. The largest absolute Gasteiger partial charge is 0.493 e. The zero-order chi connectivity index (χ0) is 13.9. The van der Waals surface area contributed by atoms with Crippen molar-refractivity contribution < 1.29 is 5.11 Å². The van der Waals surface area contributed by atoms with Crippen molar-refractivity contribution in [1.82, 2.24) is 9.55 Å². The third kappa shape index (κ3) is 2.04. The van der Waals surface area contributed by atoms with Gasteiger partial charge in [0.15, 0.2) is 5.69 Å². The van der Waals surface area contributed by atoms with Crippen molar-refractivity contribution in [3.8, 4) is 18.2 Å². The van der Waals surface area contributed by atoms with Gasteiger partial charge in [-0.3, -0.25) is 4.57 Å². The zero-order valence-corrected chi connectivity index (χ0v) is 11.2. The summed E-state index contributed by atoms with van der Waals surface area (Å²) in [6.07, 6.45) is 6.99. The molecule has 20 heavy (non-hydrogen) atoms. The van der Waals surface area contributed by atoms with Crippen LogP contribution in [0.2, 0.25) is 0 Å². The fourth-order valence-electron chi connectivity index (χ4n) is 1.98. The van der Waals surface area contributed by atoms with Gasteiger partial charge in [-0.15, -0.1) is 28.0 Å². The van der Waals surface area contributed by atoms with Crippen molar-refractivity contribution >= 4 is 33.1 Å². The fourth-order valence-corrected chi connectivity index (χ4v) is 2.43. The second-order valence-corrected chi connectivity index (χ2v) is 4.87. The van der Waals surface area contributed by atoms with E-state index in [-0.39, 0.29) is 12.4 Å². The van der Waals surface area contributed by atoms with Crippen LogP contribution in [-0.2, 0) is 6.54 Å². The molecule has 0 bridgehead atoms. The summed E-state index contributed by atoms with van der Waals surface area (Å²) in [6, 6.07) is 7.52. The van der Waals surface area contributed by atoms with Gasteiger partial charge in [-0.05, 0) is 6.07 Å². The normalized spacial score (nSPS) is 11.2. The standard InChI is InChI=1S/C14H10N4OS/c1-2-8-18-11-6-4-3-5-10(11)12(13(18)19)16-17-14-15-7-9-20-14/h1,3-7,9,19H,8H2. The Morgan fingerprint density at radius 2 is 2.20 bits per heavy atom. The van der Waals surface area contributed by atoms with Gasteiger partial charge in [-0.25, -0.2) is 4.98 Å². The van der Waals surface area contributed by atoms with Gasteiger partial charge in [0.25, 0.3) is 0 Å². The highest BCUT2D eigenvalue weighted by atomic mass is 32.1. The maximum atomic E-state index is 10.3. The Bertz CT molecular complexity index is 812. The zero-order valence-electron chi connectivity index (χ0n) is 10.4. The molecule has 5 nitrogen and oxygen atoms in total. The van der Waals surface area contributed by atoms with Crippen LogP contribution in [0.25, 0.3) is 10.9 Å². The number of rotatable bonds is 3. The first kappa shape index (κ1) is 12.4. The first-order valence-electron chi connectivity index (χ1n) is 5.86. The van der Waals surface area contributed by atoms with Crippen LogP contribution in [0, 0.1) is 12.3 Å². The molecule has 0 aliphatic heterocycles. The van der Waals surface area contributed by atoms with Crippen LogP contribution in [0.1, 0.15) is 0 Å². The number of hydrogen-bond acceptors (Lipinski definition) is 5. The predicted molar refractivity (Wildman–Crippen MR) is 78.7 cm³/mol. The number of nitrogens with zero attached hydrogens (tertiary/aromatic N) is 4. The molecule has 0 unspecified atom stereocenters. The van der Waals surface area contributed by atoms with Gasteiger partial charge in [0.1, 0.15) is 0 Å². The van der Waals surface area contributed by atoms with Gasteiger partial charge in [0.05, 0.1) is 12.1 Å². The Balaban J connectivity index is 2.15. The number of terminal acetylenes is 1. The Kier molecular flexibility index (Phi) is 3.19. The molecule has 3 rings (SSSR count). The lowest BCUT2D eigenvalue weighted by Gasteiger charge is -2.00. The maximum Gasteiger partial charge on any atom is 0.229 e. The first-order valence-corrected chi connectivity index (χ1v) is 6.74. The van der Waals surface area contributed by atoms with E-state index >= 15 is 0 Å². The number of hydrogen-bond donors (Lipinski definition) is 1. The molecular weight excluding hydrogens is 272 g/mol. The molecule has 0 spiro atoms. The summed E-state index contributed by atoms with van der Waals surface area (Å²) in [5, 5.41) is 21.6. The molecule has 3 aromatic rings. The van der Waals surface area contributed by atoms with E-state index in [0.29, 0.717) is 10.8 Å². The topological polar surface area (TPSA) is 62.8 Å². The lowest BCUT2D eigenvalue weighted by molar-refractivity contribution is 0.432. The number of azo groups is 1. The molecular formula is C14H10N4OS. The molecule has 0 aliphatic carbocycles. The highest BCUT2D eigenvalue weighted by molar-refractivity contribution is 7.13. The smallest absolute Gasteiger partial charge is 0.229 e. The summed E-state index contributed by atoms with van der Waals surface area (Å²) in [5.41, 5.74) is 1.24. The number of para-hydroxylation sites is 1. The SMILES string of the molecule is C#CCn1c(O)c(N=Nc2nccs2)c2ccccc21. The molecule has 1 aromatic carbocycles. The molecule has 0 amide bonds. The van der Waals surface area contributed by atoms with Crippen LogP contribution < -0.4 is 0 Å². The third-order valence-corrected chi connectivity index (χ3v) is 3.48.